The molecule has 160 valence electrons. The molecule has 0 radical (unpaired) electrons. The van der Waals surface area contributed by atoms with Crippen LogP contribution in [0.5, 0.6) is 11.6 Å². The highest BCUT2D eigenvalue weighted by molar-refractivity contribution is 8.27. The minimum Gasteiger partial charge on any atom is -0.436 e. The van der Waals surface area contributed by atoms with Crippen LogP contribution in [0.15, 0.2) is 59.6 Å². The lowest BCUT2D eigenvalue weighted by atomic mass is 10.2. The first kappa shape index (κ1) is 21.8. The number of halogens is 2. The predicted molar refractivity (Wildman–Crippen MR) is 122 cm³/mol. The molecule has 3 aromatic rings. The number of rotatable bonds is 5. The third kappa shape index (κ3) is 4.59. The van der Waals surface area contributed by atoms with Crippen molar-refractivity contribution in [1.29, 1.82) is 0 Å². The van der Waals surface area contributed by atoms with E-state index in [2.05, 4.69) is 9.97 Å². The topological polar surface area (TPSA) is 98.5 Å². The van der Waals surface area contributed by atoms with E-state index in [-0.39, 0.29) is 21.2 Å². The molecular weight excluding hydrogens is 479 g/mol. The van der Waals surface area contributed by atoms with Gasteiger partial charge in [-0.3, -0.25) is 19.8 Å². The van der Waals surface area contributed by atoms with Gasteiger partial charge >= 0.3 is 0 Å². The first-order chi connectivity index (χ1) is 15.3. The monoisotopic (exact) mass is 488 g/mol. The van der Waals surface area contributed by atoms with E-state index in [0.29, 0.717) is 21.9 Å². The summed E-state index contributed by atoms with van der Waals surface area (Å²) >= 11 is 12.0. The number of thioether (sulfide) groups is 1. The lowest BCUT2D eigenvalue weighted by Crippen LogP contribution is -2.27. The van der Waals surface area contributed by atoms with Crippen molar-refractivity contribution in [3.63, 3.8) is 0 Å². The molecule has 8 nitrogen and oxygen atoms in total. The second-order valence-electron chi connectivity index (χ2n) is 6.26. The Morgan fingerprint density at radius 2 is 2.00 bits per heavy atom. The number of amides is 1. The number of nitrogens with zero attached hydrogens (tertiary/aromatic N) is 4. The Labute approximate surface area is 194 Å². The van der Waals surface area contributed by atoms with E-state index in [0.717, 1.165) is 18.0 Å². The van der Waals surface area contributed by atoms with Gasteiger partial charge in [0.15, 0.2) is 4.32 Å². The maximum atomic E-state index is 13.7. The molecular formula is C20H10ClFN4O4S2. The summed E-state index contributed by atoms with van der Waals surface area (Å²) in [6, 6.07) is 12.2. The molecule has 1 aliphatic heterocycles. The summed E-state index contributed by atoms with van der Waals surface area (Å²) in [6.07, 6.45) is 2.53. The predicted octanol–water partition coefficient (Wildman–Crippen LogP) is 5.38. The zero-order valence-electron chi connectivity index (χ0n) is 15.8. The Morgan fingerprint density at radius 1 is 1.25 bits per heavy atom. The van der Waals surface area contributed by atoms with Crippen LogP contribution in [0, 0.1) is 15.9 Å². The van der Waals surface area contributed by atoms with E-state index in [1.165, 1.54) is 23.1 Å². The number of hydrogen-bond acceptors (Lipinski definition) is 8. The standard InChI is InChI=1S/C20H10ClFN4O4S2/c21-19-23-10-15(22)17(24-19)30-14-6-4-11(5-7-14)8-16-18(27)25(20(31)32-16)12-2-1-3-13(9-12)26(28)29/h1-10H/b16-8+. The van der Waals surface area contributed by atoms with Crippen LogP contribution in [0.2, 0.25) is 5.28 Å². The van der Waals surface area contributed by atoms with Crippen LogP contribution in [0.1, 0.15) is 5.56 Å². The average molecular weight is 489 g/mol. The lowest BCUT2D eigenvalue weighted by molar-refractivity contribution is -0.384. The van der Waals surface area contributed by atoms with Crippen molar-refractivity contribution in [1.82, 2.24) is 9.97 Å². The Hall–Kier alpha value is -3.41. The van der Waals surface area contributed by atoms with Gasteiger partial charge in [0.1, 0.15) is 5.75 Å². The number of aromatic nitrogens is 2. The van der Waals surface area contributed by atoms with Gasteiger partial charge in [-0.15, -0.1) is 0 Å². The summed E-state index contributed by atoms with van der Waals surface area (Å²) in [5.74, 6) is -1.16. The molecule has 0 spiro atoms. The fourth-order valence-corrected chi connectivity index (χ4v) is 4.16. The molecule has 2 heterocycles. The normalized spacial score (nSPS) is 14.8. The quantitative estimate of drug-likeness (QED) is 0.155. The fraction of sp³-hybridized carbons (Fsp3) is 0. The van der Waals surface area contributed by atoms with E-state index in [1.54, 1.807) is 36.4 Å². The molecule has 1 aromatic heterocycles. The fourth-order valence-electron chi connectivity index (χ4n) is 2.73. The highest BCUT2D eigenvalue weighted by atomic mass is 35.5. The van der Waals surface area contributed by atoms with Gasteiger partial charge in [0.25, 0.3) is 17.5 Å². The second-order valence-corrected chi connectivity index (χ2v) is 8.27. The smallest absolute Gasteiger partial charge is 0.271 e. The SMILES string of the molecule is O=C1/C(=C\c2ccc(Oc3nc(Cl)ncc3F)cc2)SC(=S)N1c1cccc([N+](=O)[O-])c1. The summed E-state index contributed by atoms with van der Waals surface area (Å²) in [5, 5.41) is 10.9. The molecule has 0 aliphatic carbocycles. The number of carbonyl (C=O) groups excluding carboxylic acids is 1. The van der Waals surface area contributed by atoms with Gasteiger partial charge in [0, 0.05) is 12.1 Å². The van der Waals surface area contributed by atoms with Crippen LogP contribution in [0.25, 0.3) is 6.08 Å². The van der Waals surface area contributed by atoms with Crippen LogP contribution in [0.4, 0.5) is 15.8 Å². The van der Waals surface area contributed by atoms with Gasteiger partial charge in [-0.25, -0.2) is 4.98 Å². The number of anilines is 1. The molecule has 1 fully saturated rings. The lowest BCUT2D eigenvalue weighted by Gasteiger charge is -2.13. The molecule has 0 bridgehead atoms. The number of ether oxygens (including phenoxy) is 1. The summed E-state index contributed by atoms with van der Waals surface area (Å²) in [7, 11) is 0. The van der Waals surface area contributed by atoms with E-state index in [4.69, 9.17) is 28.6 Å². The van der Waals surface area contributed by atoms with Crippen molar-refractivity contribution in [2.45, 2.75) is 0 Å². The molecule has 4 rings (SSSR count). The van der Waals surface area contributed by atoms with Crippen molar-refractivity contribution in [3.8, 4) is 11.6 Å². The van der Waals surface area contributed by atoms with Crippen molar-refractivity contribution in [3.05, 3.63) is 86.4 Å². The molecule has 0 saturated carbocycles. The van der Waals surface area contributed by atoms with Crippen molar-refractivity contribution >= 4 is 63.3 Å². The number of benzene rings is 2. The Balaban J connectivity index is 1.53. The summed E-state index contributed by atoms with van der Waals surface area (Å²) in [6.45, 7) is 0. The third-order valence-electron chi connectivity index (χ3n) is 4.17. The van der Waals surface area contributed by atoms with Crippen molar-refractivity contribution in [2.75, 3.05) is 4.90 Å². The Kier molecular flexibility index (Phi) is 6.12. The van der Waals surface area contributed by atoms with Crippen LogP contribution in [-0.4, -0.2) is 25.1 Å². The maximum Gasteiger partial charge on any atom is 0.271 e. The number of non-ortho nitro benzene ring substituents is 1. The minimum atomic E-state index is -0.761. The van der Waals surface area contributed by atoms with Gasteiger partial charge in [0.2, 0.25) is 11.1 Å². The highest BCUT2D eigenvalue weighted by Crippen LogP contribution is 2.37. The molecule has 1 amide bonds. The first-order valence-electron chi connectivity index (χ1n) is 8.80. The molecule has 1 aliphatic rings. The van der Waals surface area contributed by atoms with E-state index in [1.807, 2.05) is 0 Å². The Bertz CT molecular complexity index is 1290. The zero-order valence-corrected chi connectivity index (χ0v) is 18.2. The maximum absolute atomic E-state index is 13.7. The molecule has 1 saturated heterocycles. The van der Waals surface area contributed by atoms with E-state index in [9.17, 15) is 19.3 Å². The average Bonchev–Trinajstić information content (AvgIpc) is 3.05. The third-order valence-corrected chi connectivity index (χ3v) is 5.65. The molecule has 0 unspecified atom stereocenters. The van der Waals surface area contributed by atoms with Gasteiger partial charge < -0.3 is 4.74 Å². The van der Waals surface area contributed by atoms with E-state index < -0.39 is 16.6 Å². The molecule has 0 atom stereocenters. The number of nitro benzene ring substituents is 1. The van der Waals surface area contributed by atoms with Crippen LogP contribution in [-0.2, 0) is 4.79 Å². The number of carbonyl (C=O) groups is 1. The summed E-state index contributed by atoms with van der Waals surface area (Å²) in [4.78, 5) is 32.1. The number of nitro groups is 1. The van der Waals surface area contributed by atoms with Gasteiger partial charge in [-0.05, 0) is 41.4 Å². The molecule has 0 N–H and O–H groups in total. The number of hydrogen-bond donors (Lipinski definition) is 0. The largest absolute Gasteiger partial charge is 0.436 e. The summed E-state index contributed by atoms with van der Waals surface area (Å²) < 4.78 is 19.4. The Morgan fingerprint density at radius 3 is 2.72 bits per heavy atom. The molecule has 2 aromatic carbocycles. The van der Waals surface area contributed by atoms with Crippen molar-refractivity contribution in [2.24, 2.45) is 0 Å². The second kappa shape index (κ2) is 8.99. The van der Waals surface area contributed by atoms with Crippen molar-refractivity contribution < 1.29 is 18.8 Å². The molecule has 12 heteroatoms. The molecule has 32 heavy (non-hydrogen) atoms. The van der Waals surface area contributed by atoms with Gasteiger partial charge in [-0.1, -0.05) is 42.2 Å². The number of thiocarbonyl (C=S) groups is 1. The van der Waals surface area contributed by atoms with Crippen LogP contribution in [0.3, 0.4) is 0 Å². The minimum absolute atomic E-state index is 0.141. The van der Waals surface area contributed by atoms with Gasteiger partial charge in [0.05, 0.1) is 21.7 Å². The highest BCUT2D eigenvalue weighted by Gasteiger charge is 2.33. The summed E-state index contributed by atoms with van der Waals surface area (Å²) in [5.41, 5.74) is 0.843. The van der Waals surface area contributed by atoms with Crippen LogP contribution < -0.4 is 9.64 Å². The van der Waals surface area contributed by atoms with E-state index >= 15 is 0 Å². The first-order valence-corrected chi connectivity index (χ1v) is 10.4. The van der Waals surface area contributed by atoms with Crippen LogP contribution >= 0.6 is 35.6 Å². The zero-order chi connectivity index (χ0) is 22.8. The van der Waals surface area contributed by atoms with Gasteiger partial charge in [-0.2, -0.15) is 9.37 Å².